The maximum Gasteiger partial charge on any atom is 0.194 e. The number of nitrogens with zero attached hydrogens (tertiary/aromatic N) is 5. The van der Waals surface area contributed by atoms with Gasteiger partial charge in [0, 0.05) is 65.8 Å². The molecule has 0 saturated carbocycles. The topological polar surface area (TPSA) is 47.0 Å². The fourth-order valence-corrected chi connectivity index (χ4v) is 3.15. The molecule has 0 bridgehead atoms. The Labute approximate surface area is 156 Å². The molecule has 0 aliphatic carbocycles. The Morgan fingerprint density at radius 2 is 1.92 bits per heavy atom. The molecule has 1 fully saturated rings. The normalized spacial score (nSPS) is 15.1. The summed E-state index contributed by atoms with van der Waals surface area (Å²) in [6, 6.07) is 14.6. The van der Waals surface area contributed by atoms with Crippen molar-refractivity contribution < 1.29 is 0 Å². The number of hydrogen-bond donors (Lipinski definition) is 1. The Morgan fingerprint density at radius 3 is 2.58 bits per heavy atom. The van der Waals surface area contributed by atoms with Crippen molar-refractivity contribution in [1.82, 2.24) is 15.2 Å². The van der Waals surface area contributed by atoms with Crippen molar-refractivity contribution in [3.63, 3.8) is 0 Å². The lowest BCUT2D eigenvalue weighted by Gasteiger charge is -2.37. The first-order chi connectivity index (χ1) is 12.7. The standard InChI is InChI=1S/C20H28N6/c1-21-20(23-16-17-7-6-8-18(15-17)24(2)3)26-13-11-25(12-14-26)19-9-4-5-10-22-19/h4-10,15H,11-14,16H2,1-3H3,(H,21,23). The molecule has 26 heavy (non-hydrogen) atoms. The third kappa shape index (κ3) is 4.45. The van der Waals surface area contributed by atoms with Gasteiger partial charge >= 0.3 is 0 Å². The predicted octanol–water partition coefficient (Wildman–Crippen LogP) is 2.05. The number of guanidine groups is 1. The molecule has 0 spiro atoms. The van der Waals surface area contributed by atoms with E-state index in [0.29, 0.717) is 0 Å². The fourth-order valence-electron chi connectivity index (χ4n) is 3.15. The molecule has 1 aliphatic rings. The molecule has 1 N–H and O–H groups in total. The van der Waals surface area contributed by atoms with Gasteiger partial charge in [-0.2, -0.15) is 0 Å². The van der Waals surface area contributed by atoms with Crippen molar-refractivity contribution in [3.05, 3.63) is 54.2 Å². The van der Waals surface area contributed by atoms with Crippen LogP contribution in [-0.2, 0) is 6.54 Å². The Morgan fingerprint density at radius 1 is 1.12 bits per heavy atom. The molecule has 3 rings (SSSR count). The average molecular weight is 352 g/mol. The molecule has 0 amide bonds. The van der Waals surface area contributed by atoms with Crippen LogP contribution < -0.4 is 15.1 Å². The van der Waals surface area contributed by atoms with Crippen LogP contribution in [0.4, 0.5) is 11.5 Å². The molecular formula is C20H28N6. The van der Waals surface area contributed by atoms with Crippen molar-refractivity contribution in [2.24, 2.45) is 4.99 Å². The zero-order chi connectivity index (χ0) is 18.4. The van der Waals surface area contributed by atoms with Crippen molar-refractivity contribution in [2.45, 2.75) is 6.54 Å². The number of benzene rings is 1. The molecule has 2 aromatic rings. The molecule has 1 saturated heterocycles. The van der Waals surface area contributed by atoms with E-state index in [2.05, 4.69) is 74.4 Å². The minimum absolute atomic E-state index is 0.773. The Kier molecular flexibility index (Phi) is 5.94. The number of nitrogens with one attached hydrogen (secondary N) is 1. The highest BCUT2D eigenvalue weighted by Crippen LogP contribution is 2.14. The smallest absolute Gasteiger partial charge is 0.194 e. The molecular weight excluding hydrogens is 324 g/mol. The van der Waals surface area contributed by atoms with Crippen LogP contribution in [0, 0.1) is 0 Å². The Balaban J connectivity index is 1.55. The van der Waals surface area contributed by atoms with Gasteiger partial charge in [-0.05, 0) is 29.8 Å². The lowest BCUT2D eigenvalue weighted by atomic mass is 10.2. The van der Waals surface area contributed by atoms with Crippen LogP contribution in [0.3, 0.4) is 0 Å². The third-order valence-corrected chi connectivity index (χ3v) is 4.64. The number of aliphatic imine (C=N–C) groups is 1. The number of rotatable bonds is 4. The van der Waals surface area contributed by atoms with E-state index in [0.717, 1.165) is 44.5 Å². The molecule has 6 heteroatoms. The Bertz CT molecular complexity index is 720. The first-order valence-corrected chi connectivity index (χ1v) is 9.05. The van der Waals surface area contributed by atoms with Crippen molar-refractivity contribution in [3.8, 4) is 0 Å². The van der Waals surface area contributed by atoms with E-state index in [-0.39, 0.29) is 0 Å². The first kappa shape index (κ1) is 18.0. The predicted molar refractivity (Wildman–Crippen MR) is 109 cm³/mol. The summed E-state index contributed by atoms with van der Waals surface area (Å²) in [5.74, 6) is 2.01. The zero-order valence-electron chi connectivity index (χ0n) is 15.9. The zero-order valence-corrected chi connectivity index (χ0v) is 15.9. The molecule has 0 unspecified atom stereocenters. The minimum atomic E-state index is 0.773. The molecule has 1 aliphatic heterocycles. The second kappa shape index (κ2) is 8.56. The molecule has 1 aromatic heterocycles. The molecule has 6 nitrogen and oxygen atoms in total. The number of piperazine rings is 1. The van der Waals surface area contributed by atoms with Gasteiger partial charge in [0.1, 0.15) is 5.82 Å². The lowest BCUT2D eigenvalue weighted by Crippen LogP contribution is -2.52. The summed E-state index contributed by atoms with van der Waals surface area (Å²) < 4.78 is 0. The molecule has 1 aromatic carbocycles. The average Bonchev–Trinajstić information content (AvgIpc) is 2.70. The monoisotopic (exact) mass is 352 g/mol. The summed E-state index contributed by atoms with van der Waals surface area (Å²) in [4.78, 5) is 15.7. The number of aromatic nitrogens is 1. The SMILES string of the molecule is CN=C(NCc1cccc(N(C)C)c1)N1CCN(c2ccccn2)CC1. The highest BCUT2D eigenvalue weighted by molar-refractivity contribution is 5.80. The number of hydrogen-bond acceptors (Lipinski definition) is 4. The maximum absolute atomic E-state index is 4.47. The van der Waals surface area contributed by atoms with E-state index < -0.39 is 0 Å². The van der Waals surface area contributed by atoms with Crippen LogP contribution in [-0.4, -0.2) is 63.2 Å². The van der Waals surface area contributed by atoms with Crippen LogP contribution in [0.2, 0.25) is 0 Å². The van der Waals surface area contributed by atoms with Crippen molar-refractivity contribution in [1.29, 1.82) is 0 Å². The van der Waals surface area contributed by atoms with Crippen LogP contribution in [0.15, 0.2) is 53.7 Å². The van der Waals surface area contributed by atoms with Gasteiger partial charge in [-0.1, -0.05) is 18.2 Å². The van der Waals surface area contributed by atoms with Gasteiger partial charge in [-0.15, -0.1) is 0 Å². The highest BCUT2D eigenvalue weighted by Gasteiger charge is 2.20. The largest absolute Gasteiger partial charge is 0.378 e. The van der Waals surface area contributed by atoms with Gasteiger partial charge < -0.3 is 20.0 Å². The summed E-state index contributed by atoms with van der Waals surface area (Å²) in [5, 5.41) is 3.50. The van der Waals surface area contributed by atoms with Gasteiger partial charge in [-0.25, -0.2) is 4.98 Å². The second-order valence-corrected chi connectivity index (χ2v) is 6.63. The quantitative estimate of drug-likeness (QED) is 0.674. The summed E-state index contributed by atoms with van der Waals surface area (Å²) in [7, 11) is 5.98. The van der Waals surface area contributed by atoms with Crippen LogP contribution in [0.5, 0.6) is 0 Å². The van der Waals surface area contributed by atoms with Crippen LogP contribution in [0.25, 0.3) is 0 Å². The van der Waals surface area contributed by atoms with E-state index in [1.807, 2.05) is 25.4 Å². The highest BCUT2D eigenvalue weighted by atomic mass is 15.4. The van der Waals surface area contributed by atoms with Crippen molar-refractivity contribution >= 4 is 17.5 Å². The van der Waals surface area contributed by atoms with Gasteiger partial charge in [0.05, 0.1) is 0 Å². The summed E-state index contributed by atoms with van der Waals surface area (Å²) in [6.07, 6.45) is 1.85. The number of pyridine rings is 1. The maximum atomic E-state index is 4.47. The van der Waals surface area contributed by atoms with E-state index >= 15 is 0 Å². The van der Waals surface area contributed by atoms with Gasteiger partial charge in [0.2, 0.25) is 0 Å². The van der Waals surface area contributed by atoms with Gasteiger partial charge in [-0.3, -0.25) is 4.99 Å². The van der Waals surface area contributed by atoms with E-state index in [1.165, 1.54) is 11.3 Å². The molecule has 2 heterocycles. The number of anilines is 2. The molecule has 0 atom stereocenters. The fraction of sp³-hybridized carbons (Fsp3) is 0.400. The Hall–Kier alpha value is -2.76. The van der Waals surface area contributed by atoms with E-state index in [4.69, 9.17) is 0 Å². The molecule has 138 valence electrons. The van der Waals surface area contributed by atoms with Crippen molar-refractivity contribution in [2.75, 3.05) is 57.1 Å². The lowest BCUT2D eigenvalue weighted by molar-refractivity contribution is 0.371. The third-order valence-electron chi connectivity index (χ3n) is 4.64. The molecule has 0 radical (unpaired) electrons. The van der Waals surface area contributed by atoms with Crippen LogP contribution >= 0.6 is 0 Å². The summed E-state index contributed by atoms with van der Waals surface area (Å²) in [5.41, 5.74) is 2.47. The second-order valence-electron chi connectivity index (χ2n) is 6.63. The van der Waals surface area contributed by atoms with Crippen LogP contribution in [0.1, 0.15) is 5.56 Å². The minimum Gasteiger partial charge on any atom is -0.378 e. The van der Waals surface area contributed by atoms with E-state index in [9.17, 15) is 0 Å². The summed E-state index contributed by atoms with van der Waals surface area (Å²) in [6.45, 7) is 4.55. The summed E-state index contributed by atoms with van der Waals surface area (Å²) >= 11 is 0. The van der Waals surface area contributed by atoms with E-state index in [1.54, 1.807) is 0 Å². The van der Waals surface area contributed by atoms with Gasteiger partial charge in [0.15, 0.2) is 5.96 Å². The first-order valence-electron chi connectivity index (χ1n) is 9.05. The van der Waals surface area contributed by atoms with Gasteiger partial charge in [0.25, 0.3) is 0 Å².